The minimum atomic E-state index is -2.87. The second kappa shape index (κ2) is 10.7. The average molecular weight is 515 g/mol. The molecule has 0 saturated heterocycles. The van der Waals surface area contributed by atoms with E-state index in [4.69, 9.17) is 10.5 Å². The third kappa shape index (κ3) is 7.07. The number of imide groups is 1. The van der Waals surface area contributed by atoms with Crippen molar-refractivity contribution in [3.63, 3.8) is 0 Å². The lowest BCUT2D eigenvalue weighted by molar-refractivity contribution is 0.0603. The van der Waals surface area contributed by atoms with E-state index in [0.717, 1.165) is 12.1 Å². The first-order chi connectivity index (χ1) is 16.8. The first-order valence-electron chi connectivity index (χ1n) is 11.7. The molecule has 1 heterocycles. The van der Waals surface area contributed by atoms with Gasteiger partial charge in [0.1, 0.15) is 5.60 Å². The zero-order chi connectivity index (χ0) is 26.7. The Morgan fingerprint density at radius 3 is 2.28 bits per heavy atom. The van der Waals surface area contributed by atoms with Crippen LogP contribution in [-0.2, 0) is 20.2 Å². The van der Waals surface area contributed by atoms with Gasteiger partial charge in [0, 0.05) is 37.8 Å². The number of amides is 3. The fourth-order valence-corrected chi connectivity index (χ4v) is 5.18. The molecule has 2 N–H and O–H groups in total. The monoisotopic (exact) mass is 514 g/mol. The van der Waals surface area contributed by atoms with Crippen molar-refractivity contribution in [2.75, 3.05) is 37.0 Å². The van der Waals surface area contributed by atoms with Gasteiger partial charge in [0.2, 0.25) is 0 Å². The highest BCUT2D eigenvalue weighted by Crippen LogP contribution is 2.24. The average Bonchev–Trinajstić information content (AvgIpc) is 2.98. The molecule has 1 aliphatic rings. The molecule has 0 spiro atoms. The molecule has 0 aliphatic carbocycles. The maximum Gasteiger partial charge on any atom is 0.442 e. The standard InChI is InChI=1S/C26H34N4O5S/c1-26(2,3)35-25(33)28-36(5,34)17-18-14-19(27)16-20(15-18)29(4)12-8-9-13-30-23(31)21-10-6-7-11-22(21)24(30)32/h6-7,10-11,14-16H,8-9,12-13,17,27H2,1-5H3. The summed E-state index contributed by atoms with van der Waals surface area (Å²) >= 11 is 0. The van der Waals surface area contributed by atoms with Crippen LogP contribution in [0.3, 0.4) is 0 Å². The summed E-state index contributed by atoms with van der Waals surface area (Å²) in [6.07, 6.45) is 1.96. The van der Waals surface area contributed by atoms with Crippen LogP contribution in [0.2, 0.25) is 0 Å². The first kappa shape index (κ1) is 27.2. The molecule has 9 nitrogen and oxygen atoms in total. The number of nitrogen functional groups attached to an aromatic ring is 1. The molecule has 0 bridgehead atoms. The summed E-state index contributed by atoms with van der Waals surface area (Å²) in [5.41, 5.74) is 8.32. The van der Waals surface area contributed by atoms with E-state index < -0.39 is 21.4 Å². The molecule has 2 aromatic carbocycles. The van der Waals surface area contributed by atoms with Crippen molar-refractivity contribution in [3.05, 3.63) is 59.2 Å². The van der Waals surface area contributed by atoms with Gasteiger partial charge in [0.05, 0.1) is 26.6 Å². The third-order valence-electron chi connectivity index (χ3n) is 5.54. The number of rotatable bonds is 8. The number of benzene rings is 2. The zero-order valence-electron chi connectivity index (χ0n) is 21.4. The second-order valence-corrected chi connectivity index (χ2v) is 12.4. The number of unbranched alkanes of at least 4 members (excludes halogenated alkanes) is 1. The normalized spacial score (nSPS) is 14.9. The fraction of sp³-hybridized carbons (Fsp3) is 0.423. The van der Waals surface area contributed by atoms with Crippen molar-refractivity contribution in [3.8, 4) is 0 Å². The minimum absolute atomic E-state index is 0.0534. The lowest BCUT2D eigenvalue weighted by Crippen LogP contribution is -2.31. The van der Waals surface area contributed by atoms with Gasteiger partial charge in [-0.15, -0.1) is 4.36 Å². The molecule has 1 unspecified atom stereocenters. The van der Waals surface area contributed by atoms with E-state index >= 15 is 0 Å². The molecule has 3 amide bonds. The Morgan fingerprint density at radius 1 is 1.08 bits per heavy atom. The summed E-state index contributed by atoms with van der Waals surface area (Å²) in [5, 5.41) is 0. The largest absolute Gasteiger partial charge is 0.442 e. The molecule has 10 heteroatoms. The number of nitrogens with zero attached hydrogens (tertiary/aromatic N) is 3. The summed E-state index contributed by atoms with van der Waals surface area (Å²) in [4.78, 5) is 40.3. The zero-order valence-corrected chi connectivity index (χ0v) is 22.3. The predicted octanol–water partition coefficient (Wildman–Crippen LogP) is 4.31. The molecule has 0 aromatic heterocycles. The van der Waals surface area contributed by atoms with E-state index in [1.54, 1.807) is 51.1 Å². The Balaban J connectivity index is 1.58. The van der Waals surface area contributed by atoms with Gasteiger partial charge in [0.15, 0.2) is 0 Å². The molecule has 1 atom stereocenters. The Kier molecular flexibility index (Phi) is 8.08. The van der Waals surface area contributed by atoms with E-state index in [0.29, 0.717) is 41.9 Å². The Morgan fingerprint density at radius 2 is 1.69 bits per heavy atom. The van der Waals surface area contributed by atoms with Gasteiger partial charge < -0.3 is 15.4 Å². The van der Waals surface area contributed by atoms with Crippen molar-refractivity contribution in [2.24, 2.45) is 4.36 Å². The third-order valence-corrected chi connectivity index (χ3v) is 6.94. The summed E-state index contributed by atoms with van der Waals surface area (Å²) in [6, 6.07) is 12.3. The van der Waals surface area contributed by atoms with Gasteiger partial charge in [-0.25, -0.2) is 9.00 Å². The van der Waals surface area contributed by atoms with Gasteiger partial charge in [-0.1, -0.05) is 12.1 Å². The number of hydrogen-bond acceptors (Lipinski definition) is 7. The lowest BCUT2D eigenvalue weighted by atomic mass is 10.1. The minimum Gasteiger partial charge on any atom is -0.442 e. The maximum absolute atomic E-state index is 12.9. The number of carbonyl (C=O) groups excluding carboxylic acids is 3. The highest BCUT2D eigenvalue weighted by molar-refractivity contribution is 7.92. The van der Waals surface area contributed by atoms with Crippen molar-refractivity contribution >= 4 is 39.0 Å². The van der Waals surface area contributed by atoms with Gasteiger partial charge in [-0.2, -0.15) is 0 Å². The molecular formula is C26H34N4O5S. The fourth-order valence-electron chi connectivity index (χ4n) is 3.97. The molecule has 194 valence electrons. The van der Waals surface area contributed by atoms with Crippen molar-refractivity contribution < 1.29 is 23.3 Å². The van der Waals surface area contributed by atoms with Gasteiger partial charge in [-0.3, -0.25) is 14.5 Å². The van der Waals surface area contributed by atoms with Gasteiger partial charge in [-0.05, 0) is 69.5 Å². The van der Waals surface area contributed by atoms with Crippen LogP contribution in [-0.4, -0.2) is 59.0 Å². The number of carbonyl (C=O) groups is 3. The highest BCUT2D eigenvalue weighted by Gasteiger charge is 2.34. The number of ether oxygens (including phenoxy) is 1. The lowest BCUT2D eigenvalue weighted by Gasteiger charge is -2.22. The summed E-state index contributed by atoms with van der Waals surface area (Å²) in [7, 11) is -0.960. The Bertz CT molecular complexity index is 1260. The Labute approximate surface area is 212 Å². The van der Waals surface area contributed by atoms with E-state index in [2.05, 4.69) is 4.36 Å². The molecule has 0 radical (unpaired) electrons. The summed E-state index contributed by atoms with van der Waals surface area (Å²) in [6.45, 7) is 6.18. The number of anilines is 2. The summed E-state index contributed by atoms with van der Waals surface area (Å²) < 4.78 is 21.9. The quantitative estimate of drug-likeness (QED) is 0.316. The Hall–Kier alpha value is -3.40. The van der Waals surface area contributed by atoms with Crippen LogP contribution in [0, 0.1) is 0 Å². The molecule has 3 rings (SSSR count). The topological polar surface area (TPSA) is 122 Å². The number of fused-ring (bicyclic) bond motifs is 1. The van der Waals surface area contributed by atoms with Crippen LogP contribution in [0.25, 0.3) is 0 Å². The maximum atomic E-state index is 12.9. The number of hydrogen-bond donors (Lipinski definition) is 1. The van der Waals surface area contributed by atoms with E-state index in [1.165, 1.54) is 11.2 Å². The molecule has 0 fully saturated rings. The van der Waals surface area contributed by atoms with Crippen molar-refractivity contribution in [1.82, 2.24) is 4.90 Å². The van der Waals surface area contributed by atoms with Crippen LogP contribution in [0.15, 0.2) is 46.8 Å². The van der Waals surface area contributed by atoms with E-state index in [9.17, 15) is 18.6 Å². The number of nitrogens with two attached hydrogens (primary N) is 1. The van der Waals surface area contributed by atoms with Gasteiger partial charge >= 0.3 is 6.09 Å². The van der Waals surface area contributed by atoms with Crippen LogP contribution >= 0.6 is 0 Å². The van der Waals surface area contributed by atoms with E-state index in [-0.39, 0.29) is 17.6 Å². The molecule has 1 aliphatic heterocycles. The predicted molar refractivity (Wildman–Crippen MR) is 142 cm³/mol. The van der Waals surface area contributed by atoms with Crippen LogP contribution < -0.4 is 10.6 Å². The van der Waals surface area contributed by atoms with E-state index in [1.807, 2.05) is 24.1 Å². The first-order valence-corrected chi connectivity index (χ1v) is 13.8. The molecule has 0 saturated carbocycles. The second-order valence-electron chi connectivity index (χ2n) is 10.0. The van der Waals surface area contributed by atoms with Gasteiger partial charge in [0.25, 0.3) is 11.8 Å². The van der Waals surface area contributed by atoms with Crippen LogP contribution in [0.1, 0.15) is 59.9 Å². The highest BCUT2D eigenvalue weighted by atomic mass is 32.2. The molecule has 2 aromatic rings. The van der Waals surface area contributed by atoms with Crippen molar-refractivity contribution in [1.29, 1.82) is 0 Å². The van der Waals surface area contributed by atoms with Crippen LogP contribution in [0.4, 0.5) is 16.2 Å². The van der Waals surface area contributed by atoms with Crippen LogP contribution in [0.5, 0.6) is 0 Å². The van der Waals surface area contributed by atoms with Crippen molar-refractivity contribution in [2.45, 2.75) is 45.0 Å². The summed E-state index contributed by atoms with van der Waals surface area (Å²) in [5.74, 6) is -0.438. The SMILES string of the molecule is CN(CCCCN1C(=O)c2ccccc2C1=O)c1cc(N)cc(CS(C)(=O)=NC(=O)OC(C)(C)C)c1. The smallest absolute Gasteiger partial charge is 0.442 e. The molecule has 36 heavy (non-hydrogen) atoms. The molecular weight excluding hydrogens is 480 g/mol.